The quantitative estimate of drug-likeness (QED) is 0.723. The van der Waals surface area contributed by atoms with E-state index in [0.29, 0.717) is 11.8 Å². The molecule has 0 heterocycles. The molecule has 0 bridgehead atoms. The zero-order valence-corrected chi connectivity index (χ0v) is 9.46. The van der Waals surface area contributed by atoms with Crippen LogP contribution in [0.1, 0.15) is 33.6 Å². The van der Waals surface area contributed by atoms with Gasteiger partial charge in [-0.1, -0.05) is 32.9 Å². The van der Waals surface area contributed by atoms with Gasteiger partial charge >= 0.3 is 0 Å². The summed E-state index contributed by atoms with van der Waals surface area (Å²) in [6.07, 6.45) is 8.05. The highest BCUT2D eigenvalue weighted by Crippen LogP contribution is 2.29. The van der Waals surface area contributed by atoms with Crippen molar-refractivity contribution < 1.29 is 0 Å². The summed E-state index contributed by atoms with van der Waals surface area (Å²) in [5.41, 5.74) is 12.7. The Morgan fingerprint density at radius 3 is 2.50 bits per heavy atom. The average molecular weight is 194 g/mol. The smallest absolute Gasteiger partial charge is 0.0404 e. The Morgan fingerprint density at radius 2 is 2.07 bits per heavy atom. The first-order valence-electron chi connectivity index (χ1n) is 5.38. The van der Waals surface area contributed by atoms with Gasteiger partial charge in [-0.05, 0) is 30.8 Å². The van der Waals surface area contributed by atoms with Gasteiger partial charge in [0.25, 0.3) is 0 Å². The molecule has 0 saturated heterocycles. The van der Waals surface area contributed by atoms with E-state index < -0.39 is 0 Å². The van der Waals surface area contributed by atoms with Crippen LogP contribution >= 0.6 is 0 Å². The first-order valence-corrected chi connectivity index (χ1v) is 5.38. The second-order valence-corrected chi connectivity index (χ2v) is 4.88. The highest BCUT2D eigenvalue weighted by atomic mass is 14.8. The summed E-state index contributed by atoms with van der Waals surface area (Å²) in [4.78, 5) is 0. The summed E-state index contributed by atoms with van der Waals surface area (Å²) in [6.45, 7) is 6.69. The molecule has 0 aromatic heterocycles. The fourth-order valence-electron chi connectivity index (χ4n) is 1.97. The van der Waals surface area contributed by atoms with E-state index in [9.17, 15) is 0 Å². The Morgan fingerprint density at radius 1 is 1.43 bits per heavy atom. The van der Waals surface area contributed by atoms with Gasteiger partial charge < -0.3 is 11.5 Å². The van der Waals surface area contributed by atoms with E-state index in [4.69, 9.17) is 11.5 Å². The van der Waals surface area contributed by atoms with Crippen LogP contribution < -0.4 is 11.5 Å². The van der Waals surface area contributed by atoms with Crippen LogP contribution in [0.25, 0.3) is 0 Å². The number of rotatable bonds is 3. The molecule has 0 radical (unpaired) electrons. The molecule has 0 spiro atoms. The SMILES string of the molecule is CC(C)CC(C)C1(N)C=CC(N)=CC1. The van der Waals surface area contributed by atoms with Crippen LogP contribution in [0.2, 0.25) is 0 Å². The Bertz CT molecular complexity index is 253. The molecule has 2 unspecified atom stereocenters. The summed E-state index contributed by atoms with van der Waals surface area (Å²) < 4.78 is 0. The van der Waals surface area contributed by atoms with Gasteiger partial charge in [-0.2, -0.15) is 0 Å². The maximum Gasteiger partial charge on any atom is 0.0404 e. The lowest BCUT2D eigenvalue weighted by molar-refractivity contribution is 0.303. The van der Waals surface area contributed by atoms with Crippen molar-refractivity contribution in [2.45, 2.75) is 39.2 Å². The lowest BCUT2D eigenvalue weighted by Crippen LogP contribution is -2.45. The van der Waals surface area contributed by atoms with Gasteiger partial charge in [0.2, 0.25) is 0 Å². The zero-order chi connectivity index (χ0) is 10.8. The van der Waals surface area contributed by atoms with Gasteiger partial charge in [0.1, 0.15) is 0 Å². The number of hydrogen-bond acceptors (Lipinski definition) is 2. The molecule has 0 saturated carbocycles. The highest BCUT2D eigenvalue weighted by molar-refractivity contribution is 5.27. The Kier molecular flexibility index (Phi) is 3.38. The van der Waals surface area contributed by atoms with Crippen LogP contribution in [0, 0.1) is 11.8 Å². The number of hydrogen-bond donors (Lipinski definition) is 2. The predicted molar refractivity (Wildman–Crippen MR) is 61.6 cm³/mol. The van der Waals surface area contributed by atoms with Crippen molar-refractivity contribution in [1.29, 1.82) is 0 Å². The van der Waals surface area contributed by atoms with Gasteiger partial charge in [-0.15, -0.1) is 0 Å². The van der Waals surface area contributed by atoms with E-state index in [1.54, 1.807) is 0 Å². The molecule has 2 atom stereocenters. The summed E-state index contributed by atoms with van der Waals surface area (Å²) in [5.74, 6) is 1.20. The minimum Gasteiger partial charge on any atom is -0.399 e. The van der Waals surface area contributed by atoms with Crippen LogP contribution in [0.3, 0.4) is 0 Å². The van der Waals surface area contributed by atoms with Crippen molar-refractivity contribution in [3.05, 3.63) is 23.9 Å². The molecule has 1 aliphatic carbocycles. The topological polar surface area (TPSA) is 52.0 Å². The molecule has 2 heteroatoms. The van der Waals surface area contributed by atoms with E-state index in [-0.39, 0.29) is 5.54 Å². The first kappa shape index (κ1) is 11.3. The molecular formula is C12H22N2. The van der Waals surface area contributed by atoms with Crippen LogP contribution in [-0.4, -0.2) is 5.54 Å². The fourth-order valence-corrected chi connectivity index (χ4v) is 1.97. The molecule has 0 aliphatic heterocycles. The highest BCUT2D eigenvalue weighted by Gasteiger charge is 2.29. The fraction of sp³-hybridized carbons (Fsp3) is 0.667. The molecule has 4 N–H and O–H groups in total. The molecule has 80 valence electrons. The van der Waals surface area contributed by atoms with Crippen LogP contribution in [-0.2, 0) is 0 Å². The van der Waals surface area contributed by atoms with Crippen molar-refractivity contribution in [3.8, 4) is 0 Å². The molecule has 0 aromatic rings. The normalized spacial score (nSPS) is 29.1. The third kappa shape index (κ3) is 2.61. The molecule has 1 aliphatic rings. The summed E-state index contributed by atoms with van der Waals surface area (Å²) in [6, 6.07) is 0. The van der Waals surface area contributed by atoms with Crippen LogP contribution in [0.15, 0.2) is 23.9 Å². The van der Waals surface area contributed by atoms with Gasteiger partial charge in [0.05, 0.1) is 0 Å². The summed E-state index contributed by atoms with van der Waals surface area (Å²) >= 11 is 0. The van der Waals surface area contributed by atoms with Crippen molar-refractivity contribution in [2.24, 2.45) is 23.3 Å². The van der Waals surface area contributed by atoms with E-state index in [1.807, 2.05) is 12.2 Å². The van der Waals surface area contributed by atoms with Crippen LogP contribution in [0.4, 0.5) is 0 Å². The Labute approximate surface area is 87.0 Å². The lowest BCUT2D eigenvalue weighted by atomic mass is 9.76. The minimum atomic E-state index is -0.187. The van der Waals surface area contributed by atoms with Crippen molar-refractivity contribution >= 4 is 0 Å². The standard InChI is InChI=1S/C12H22N2/c1-9(2)8-10(3)12(14)6-4-11(13)5-7-12/h4-6,9-10H,7-8,13-14H2,1-3H3. The molecule has 2 nitrogen and oxygen atoms in total. The molecule has 14 heavy (non-hydrogen) atoms. The number of nitrogens with two attached hydrogens (primary N) is 2. The third-order valence-corrected chi connectivity index (χ3v) is 3.02. The molecular weight excluding hydrogens is 172 g/mol. The first-order chi connectivity index (χ1) is 6.44. The van der Waals surface area contributed by atoms with E-state index in [1.165, 1.54) is 0 Å². The van der Waals surface area contributed by atoms with Gasteiger partial charge in [-0.3, -0.25) is 0 Å². The third-order valence-electron chi connectivity index (χ3n) is 3.02. The Balaban J connectivity index is 2.63. The van der Waals surface area contributed by atoms with E-state index >= 15 is 0 Å². The summed E-state index contributed by atoms with van der Waals surface area (Å²) in [5, 5.41) is 0. The molecule has 1 rings (SSSR count). The lowest BCUT2D eigenvalue weighted by Gasteiger charge is -2.34. The van der Waals surface area contributed by atoms with Crippen molar-refractivity contribution in [2.75, 3.05) is 0 Å². The zero-order valence-electron chi connectivity index (χ0n) is 9.46. The molecule has 0 fully saturated rings. The Hall–Kier alpha value is -0.760. The molecule has 0 amide bonds. The van der Waals surface area contributed by atoms with Gasteiger partial charge in [-0.25, -0.2) is 0 Å². The van der Waals surface area contributed by atoms with Crippen molar-refractivity contribution in [3.63, 3.8) is 0 Å². The monoisotopic (exact) mass is 194 g/mol. The van der Waals surface area contributed by atoms with E-state index in [0.717, 1.165) is 18.5 Å². The second kappa shape index (κ2) is 4.18. The largest absolute Gasteiger partial charge is 0.399 e. The maximum atomic E-state index is 6.33. The minimum absolute atomic E-state index is 0.187. The van der Waals surface area contributed by atoms with Gasteiger partial charge in [0, 0.05) is 11.2 Å². The molecule has 0 aromatic carbocycles. The summed E-state index contributed by atoms with van der Waals surface area (Å²) in [7, 11) is 0. The van der Waals surface area contributed by atoms with Crippen molar-refractivity contribution in [1.82, 2.24) is 0 Å². The predicted octanol–water partition coefficient (Wildman–Crippen LogP) is 2.17. The van der Waals surface area contributed by atoms with Gasteiger partial charge in [0.15, 0.2) is 0 Å². The maximum absolute atomic E-state index is 6.33. The number of allylic oxidation sites excluding steroid dienone is 1. The van der Waals surface area contributed by atoms with Crippen LogP contribution in [0.5, 0.6) is 0 Å². The average Bonchev–Trinajstić information content (AvgIpc) is 2.09. The van der Waals surface area contributed by atoms with E-state index in [2.05, 4.69) is 26.8 Å². The second-order valence-electron chi connectivity index (χ2n) is 4.88.